The van der Waals surface area contributed by atoms with E-state index in [1.54, 1.807) is 30.1 Å². The van der Waals surface area contributed by atoms with Crippen molar-refractivity contribution >= 4 is 11.8 Å². The first-order chi connectivity index (χ1) is 12.2. The predicted octanol–water partition coefficient (Wildman–Crippen LogP) is 3.77. The van der Waals surface area contributed by atoms with Crippen molar-refractivity contribution < 1.29 is 14.2 Å². The molecular weight excluding hydrogens is 339 g/mol. The molecular formula is C19H21FN2O2S. The van der Waals surface area contributed by atoms with Crippen molar-refractivity contribution in [2.45, 2.75) is 23.8 Å². The van der Waals surface area contributed by atoms with Crippen LogP contribution in [0.3, 0.4) is 0 Å². The molecule has 2 aromatic rings. The maximum atomic E-state index is 13.2. The molecule has 0 spiro atoms. The molecule has 0 unspecified atom stereocenters. The predicted molar refractivity (Wildman–Crippen MR) is 95.2 cm³/mol. The highest BCUT2D eigenvalue weighted by Gasteiger charge is 2.41. The maximum absolute atomic E-state index is 13.2. The van der Waals surface area contributed by atoms with Gasteiger partial charge in [-0.3, -0.25) is 9.88 Å². The van der Waals surface area contributed by atoms with Gasteiger partial charge in [0.15, 0.2) is 0 Å². The molecule has 1 aromatic heterocycles. The van der Waals surface area contributed by atoms with E-state index >= 15 is 0 Å². The summed E-state index contributed by atoms with van der Waals surface area (Å²) >= 11 is 1.80. The van der Waals surface area contributed by atoms with E-state index in [-0.39, 0.29) is 11.9 Å². The number of pyridine rings is 1. The molecule has 1 N–H and O–H groups in total. The fraction of sp³-hybridized carbons (Fsp3) is 0.421. The van der Waals surface area contributed by atoms with Crippen LogP contribution in [0, 0.1) is 17.7 Å². The average molecular weight is 360 g/mol. The topological polar surface area (TPSA) is 45.6 Å². The van der Waals surface area contributed by atoms with Crippen molar-refractivity contribution in [3.63, 3.8) is 0 Å². The summed E-state index contributed by atoms with van der Waals surface area (Å²) < 4.78 is 19.1. The monoisotopic (exact) mass is 360 g/mol. The van der Waals surface area contributed by atoms with Crippen molar-refractivity contribution in [3.05, 3.63) is 48.5 Å². The molecule has 1 aliphatic heterocycles. The normalized spacial score (nSPS) is 25.9. The highest BCUT2D eigenvalue weighted by molar-refractivity contribution is 7.99. The first kappa shape index (κ1) is 16.7. The van der Waals surface area contributed by atoms with E-state index in [2.05, 4.69) is 9.88 Å². The van der Waals surface area contributed by atoms with Crippen molar-refractivity contribution in [2.75, 3.05) is 19.0 Å². The number of thioether (sulfide) groups is 1. The molecule has 132 valence electrons. The van der Waals surface area contributed by atoms with Crippen LogP contribution in [0.1, 0.15) is 12.8 Å². The van der Waals surface area contributed by atoms with Gasteiger partial charge in [-0.25, -0.2) is 4.39 Å². The molecule has 1 saturated heterocycles. The quantitative estimate of drug-likeness (QED) is 0.823. The molecule has 0 amide bonds. The Labute approximate surface area is 151 Å². The van der Waals surface area contributed by atoms with Crippen molar-refractivity contribution in [2.24, 2.45) is 11.8 Å². The van der Waals surface area contributed by atoms with E-state index in [4.69, 9.17) is 4.74 Å². The zero-order valence-electron chi connectivity index (χ0n) is 13.8. The Morgan fingerprint density at radius 1 is 1.16 bits per heavy atom. The Balaban J connectivity index is 1.25. The standard InChI is InChI=1S/C19H21FN2O2S/c20-15-7-18(9-21-8-15)24-17-5-13-10-22(11-14(13)6-17)12-25-19-3-1-16(23)2-4-19/h1-4,7-9,13-14,17,23H,5-6,10-12H2/t13-,14+,17+. The molecule has 2 heterocycles. The molecule has 0 bridgehead atoms. The lowest BCUT2D eigenvalue weighted by Gasteiger charge is -2.19. The summed E-state index contributed by atoms with van der Waals surface area (Å²) in [6.07, 6.45) is 5.01. The minimum Gasteiger partial charge on any atom is -0.508 e. The summed E-state index contributed by atoms with van der Waals surface area (Å²) in [5.41, 5.74) is 0. The van der Waals surface area contributed by atoms with Gasteiger partial charge in [-0.2, -0.15) is 0 Å². The highest BCUT2D eigenvalue weighted by Crippen LogP contribution is 2.40. The molecule has 4 nitrogen and oxygen atoms in total. The van der Waals surface area contributed by atoms with Crippen LogP contribution in [0.2, 0.25) is 0 Å². The second-order valence-corrected chi connectivity index (χ2v) is 7.89. The zero-order chi connectivity index (χ0) is 17.2. The summed E-state index contributed by atoms with van der Waals surface area (Å²) in [5.74, 6) is 2.77. The SMILES string of the molecule is Oc1ccc(SCN2C[C@H]3C[C@H](Oc4cncc(F)c4)C[C@H]3C2)cc1. The first-order valence-electron chi connectivity index (χ1n) is 8.57. The summed E-state index contributed by atoms with van der Waals surface area (Å²) in [4.78, 5) is 7.51. The van der Waals surface area contributed by atoms with Crippen molar-refractivity contribution in [1.29, 1.82) is 0 Å². The fourth-order valence-corrected chi connectivity index (χ4v) is 4.77. The Kier molecular flexibility index (Phi) is 4.81. The number of ether oxygens (including phenoxy) is 1. The van der Waals surface area contributed by atoms with Crippen LogP contribution >= 0.6 is 11.8 Å². The van der Waals surface area contributed by atoms with Gasteiger partial charge in [0.05, 0.1) is 18.5 Å². The fourth-order valence-electron chi connectivity index (χ4n) is 3.90. The van der Waals surface area contributed by atoms with Gasteiger partial charge in [0.25, 0.3) is 0 Å². The van der Waals surface area contributed by atoms with E-state index in [1.165, 1.54) is 17.2 Å². The summed E-state index contributed by atoms with van der Waals surface area (Å²) in [7, 11) is 0. The molecule has 2 fully saturated rings. The number of aromatic nitrogens is 1. The van der Waals surface area contributed by atoms with Crippen LogP contribution in [0.15, 0.2) is 47.6 Å². The second kappa shape index (κ2) is 7.22. The number of benzene rings is 1. The van der Waals surface area contributed by atoms with Gasteiger partial charge < -0.3 is 9.84 Å². The van der Waals surface area contributed by atoms with Gasteiger partial charge in [-0.05, 0) is 48.9 Å². The summed E-state index contributed by atoms with van der Waals surface area (Å²) in [6, 6.07) is 8.76. The minimum atomic E-state index is -0.354. The molecule has 1 saturated carbocycles. The number of nitrogens with zero attached hydrogens (tertiary/aromatic N) is 2. The lowest BCUT2D eigenvalue weighted by atomic mass is 10.0. The van der Waals surface area contributed by atoms with Crippen molar-refractivity contribution in [1.82, 2.24) is 9.88 Å². The van der Waals surface area contributed by atoms with Gasteiger partial charge in [0, 0.05) is 29.9 Å². The molecule has 2 aliphatic rings. The average Bonchev–Trinajstić information content (AvgIpc) is 3.12. The van der Waals surface area contributed by atoms with Gasteiger partial charge in [0.1, 0.15) is 17.3 Å². The van der Waals surface area contributed by atoms with Crippen LogP contribution < -0.4 is 4.74 Å². The maximum Gasteiger partial charge on any atom is 0.145 e. The number of hydrogen-bond acceptors (Lipinski definition) is 5. The molecule has 1 aromatic carbocycles. The number of phenols is 1. The lowest BCUT2D eigenvalue weighted by molar-refractivity contribution is 0.188. The molecule has 4 rings (SSSR count). The molecule has 0 radical (unpaired) electrons. The number of aromatic hydroxyl groups is 1. The van der Waals surface area contributed by atoms with Crippen LogP contribution in [0.4, 0.5) is 4.39 Å². The van der Waals surface area contributed by atoms with Gasteiger partial charge >= 0.3 is 0 Å². The summed E-state index contributed by atoms with van der Waals surface area (Å²) in [5, 5.41) is 9.33. The highest BCUT2D eigenvalue weighted by atomic mass is 32.2. The Bertz CT molecular complexity index is 714. The van der Waals surface area contributed by atoms with E-state index < -0.39 is 0 Å². The van der Waals surface area contributed by atoms with E-state index in [0.29, 0.717) is 23.3 Å². The van der Waals surface area contributed by atoms with E-state index in [1.807, 2.05) is 12.1 Å². The third-order valence-electron chi connectivity index (χ3n) is 5.02. The van der Waals surface area contributed by atoms with E-state index in [0.717, 1.165) is 31.8 Å². The molecule has 6 heteroatoms. The number of fused-ring (bicyclic) bond motifs is 1. The van der Waals surface area contributed by atoms with Crippen LogP contribution in [0.5, 0.6) is 11.5 Å². The Hall–Kier alpha value is -1.79. The largest absolute Gasteiger partial charge is 0.508 e. The molecule has 25 heavy (non-hydrogen) atoms. The Morgan fingerprint density at radius 3 is 2.56 bits per heavy atom. The third-order valence-corrected chi connectivity index (χ3v) is 6.12. The van der Waals surface area contributed by atoms with Crippen molar-refractivity contribution in [3.8, 4) is 11.5 Å². The van der Waals surface area contributed by atoms with Crippen LogP contribution in [0.25, 0.3) is 0 Å². The van der Waals surface area contributed by atoms with E-state index in [9.17, 15) is 9.50 Å². The minimum absolute atomic E-state index is 0.172. The van der Waals surface area contributed by atoms with Gasteiger partial charge in [-0.1, -0.05) is 0 Å². The van der Waals surface area contributed by atoms with Crippen LogP contribution in [-0.2, 0) is 0 Å². The van der Waals surface area contributed by atoms with Gasteiger partial charge in [-0.15, -0.1) is 11.8 Å². The third kappa shape index (κ3) is 4.07. The number of hydrogen-bond donors (Lipinski definition) is 1. The molecule has 1 aliphatic carbocycles. The Morgan fingerprint density at radius 2 is 1.88 bits per heavy atom. The van der Waals surface area contributed by atoms with Crippen LogP contribution in [-0.4, -0.2) is 40.1 Å². The smallest absolute Gasteiger partial charge is 0.145 e. The number of likely N-dealkylation sites (tertiary alicyclic amines) is 1. The lowest BCUT2D eigenvalue weighted by Crippen LogP contribution is -2.24. The number of phenolic OH excluding ortho intramolecular Hbond substituents is 1. The number of rotatable bonds is 5. The molecule has 3 atom stereocenters. The zero-order valence-corrected chi connectivity index (χ0v) is 14.7. The van der Waals surface area contributed by atoms with Gasteiger partial charge in [0.2, 0.25) is 0 Å². The number of halogens is 1. The summed E-state index contributed by atoms with van der Waals surface area (Å²) in [6.45, 7) is 2.19. The first-order valence-corrected chi connectivity index (χ1v) is 9.55. The second-order valence-electron chi connectivity index (χ2n) is 6.87.